The van der Waals surface area contributed by atoms with E-state index < -0.39 is 18.2 Å². The molecule has 1 fully saturated rings. The fourth-order valence-electron chi connectivity index (χ4n) is 3.60. The first-order chi connectivity index (χ1) is 14.2. The van der Waals surface area contributed by atoms with E-state index >= 15 is 0 Å². The van der Waals surface area contributed by atoms with Gasteiger partial charge in [0, 0.05) is 43.8 Å². The fraction of sp³-hybridized carbons (Fsp3) is 0.350. The molecule has 10 heteroatoms. The summed E-state index contributed by atoms with van der Waals surface area (Å²) < 4.78 is 45.4. The minimum absolute atomic E-state index is 0.0208. The Morgan fingerprint density at radius 3 is 2.80 bits per heavy atom. The minimum Gasteiger partial charge on any atom is -0.366 e. The number of ether oxygens (including phenoxy) is 1. The van der Waals surface area contributed by atoms with Gasteiger partial charge in [0.05, 0.1) is 18.3 Å². The maximum atomic E-state index is 13.0. The van der Waals surface area contributed by atoms with Crippen LogP contribution in [0.15, 0.2) is 36.7 Å². The third kappa shape index (κ3) is 4.14. The van der Waals surface area contributed by atoms with Gasteiger partial charge < -0.3 is 10.5 Å². The van der Waals surface area contributed by atoms with Crippen molar-refractivity contribution in [2.45, 2.75) is 18.8 Å². The van der Waals surface area contributed by atoms with Crippen LogP contribution in [-0.4, -0.2) is 57.5 Å². The molecule has 0 radical (unpaired) electrons. The van der Waals surface area contributed by atoms with Crippen LogP contribution >= 0.6 is 0 Å². The number of halogens is 3. The molecule has 0 bridgehead atoms. The topological polar surface area (TPSA) is 86.3 Å². The first kappa shape index (κ1) is 20.3. The van der Waals surface area contributed by atoms with Gasteiger partial charge in [-0.1, -0.05) is 12.1 Å². The summed E-state index contributed by atoms with van der Waals surface area (Å²) in [6, 6.07) is 7.11. The number of alkyl halides is 3. The maximum absolute atomic E-state index is 13.0. The quantitative estimate of drug-likeness (QED) is 0.702. The molecule has 1 atom stereocenters. The summed E-state index contributed by atoms with van der Waals surface area (Å²) in [5.41, 5.74) is 8.46. The van der Waals surface area contributed by atoms with Crippen LogP contribution < -0.4 is 5.73 Å². The first-order valence-corrected chi connectivity index (χ1v) is 9.34. The number of aryl methyl sites for hydroxylation is 1. The highest BCUT2D eigenvalue weighted by Crippen LogP contribution is 2.30. The van der Waals surface area contributed by atoms with Crippen LogP contribution in [0.1, 0.15) is 16.1 Å². The smallest absolute Gasteiger partial charge is 0.366 e. The van der Waals surface area contributed by atoms with Gasteiger partial charge in [-0.15, -0.1) is 0 Å². The van der Waals surface area contributed by atoms with Crippen LogP contribution in [0.3, 0.4) is 0 Å². The molecule has 0 unspecified atom stereocenters. The highest BCUT2D eigenvalue weighted by Gasteiger charge is 2.43. The number of primary amides is 1. The Morgan fingerprint density at radius 1 is 1.33 bits per heavy atom. The number of morpholine rings is 1. The number of amides is 1. The van der Waals surface area contributed by atoms with E-state index in [0.29, 0.717) is 18.6 Å². The van der Waals surface area contributed by atoms with E-state index in [1.54, 1.807) is 35.0 Å². The van der Waals surface area contributed by atoms with Crippen LogP contribution in [0, 0.1) is 0 Å². The Hall–Kier alpha value is -2.98. The molecule has 1 saturated heterocycles. The number of carbonyl (C=O) groups excluding carboxylic acids is 1. The maximum Gasteiger partial charge on any atom is 0.415 e. The summed E-state index contributed by atoms with van der Waals surface area (Å²) in [4.78, 5) is 17.8. The van der Waals surface area contributed by atoms with Crippen molar-refractivity contribution in [1.29, 1.82) is 0 Å². The Balaban J connectivity index is 1.67. The molecule has 0 aliphatic carbocycles. The number of nitrogens with two attached hydrogens (primary N) is 1. The number of hydrogen-bond acceptors (Lipinski definition) is 5. The Bertz CT molecular complexity index is 1100. The predicted molar refractivity (Wildman–Crippen MR) is 104 cm³/mol. The number of rotatable bonds is 4. The van der Waals surface area contributed by atoms with Crippen molar-refractivity contribution in [3.63, 3.8) is 0 Å². The van der Waals surface area contributed by atoms with E-state index in [0.717, 1.165) is 22.1 Å². The summed E-state index contributed by atoms with van der Waals surface area (Å²) in [6.45, 7) is 0.515. The first-order valence-electron chi connectivity index (χ1n) is 9.34. The molecular weight excluding hydrogens is 399 g/mol. The number of carbonyl (C=O) groups is 1. The van der Waals surface area contributed by atoms with Crippen molar-refractivity contribution < 1.29 is 22.7 Å². The standard InChI is InChI=1S/C20H20F3N5O2/c1-27-10-13(8-25-27)15-7-17(19(24)29)26-16-6-12(2-3-14(15)16)9-28-4-5-30-18(11-28)20(21,22)23/h2-3,6-8,10,18H,4-5,9,11H2,1H3,(H2,24,29)/t18-/m0/s1. The van der Waals surface area contributed by atoms with Gasteiger partial charge in [-0.3, -0.25) is 14.4 Å². The molecule has 2 aromatic heterocycles. The Morgan fingerprint density at radius 2 is 2.13 bits per heavy atom. The van der Waals surface area contributed by atoms with Crippen LogP contribution in [0.2, 0.25) is 0 Å². The summed E-state index contributed by atoms with van der Waals surface area (Å²) in [5, 5.41) is 4.96. The van der Waals surface area contributed by atoms with Crippen molar-refractivity contribution in [3.05, 3.63) is 47.9 Å². The Labute approximate surface area is 170 Å². The number of nitrogens with zero attached hydrogens (tertiary/aromatic N) is 4. The van der Waals surface area contributed by atoms with E-state index in [4.69, 9.17) is 10.5 Å². The predicted octanol–water partition coefficient (Wildman–Crippen LogP) is 2.50. The molecule has 158 valence electrons. The molecule has 2 N–H and O–H groups in total. The van der Waals surface area contributed by atoms with Gasteiger partial charge in [-0.05, 0) is 23.3 Å². The second-order valence-electron chi connectivity index (χ2n) is 7.31. The van der Waals surface area contributed by atoms with Gasteiger partial charge in [-0.25, -0.2) is 4.98 Å². The molecule has 4 rings (SSSR count). The average Bonchev–Trinajstić information content (AvgIpc) is 3.12. The summed E-state index contributed by atoms with van der Waals surface area (Å²) in [5.74, 6) is -0.659. The molecule has 0 saturated carbocycles. The van der Waals surface area contributed by atoms with Gasteiger partial charge in [0.2, 0.25) is 0 Å². The molecule has 7 nitrogen and oxygen atoms in total. The highest BCUT2D eigenvalue weighted by atomic mass is 19.4. The number of fused-ring (bicyclic) bond motifs is 1. The third-order valence-electron chi connectivity index (χ3n) is 5.06. The van der Waals surface area contributed by atoms with E-state index in [1.165, 1.54) is 0 Å². The number of aromatic nitrogens is 3. The normalized spacial score (nSPS) is 18.1. The zero-order valence-corrected chi connectivity index (χ0v) is 16.2. The minimum atomic E-state index is -4.39. The third-order valence-corrected chi connectivity index (χ3v) is 5.06. The lowest BCUT2D eigenvalue weighted by Gasteiger charge is -2.33. The van der Waals surface area contributed by atoms with E-state index in [1.807, 2.05) is 18.3 Å². The second-order valence-corrected chi connectivity index (χ2v) is 7.31. The van der Waals surface area contributed by atoms with Crippen molar-refractivity contribution in [2.75, 3.05) is 19.7 Å². The van der Waals surface area contributed by atoms with Crippen LogP contribution in [0.4, 0.5) is 13.2 Å². The van der Waals surface area contributed by atoms with E-state index in [2.05, 4.69) is 10.1 Å². The van der Waals surface area contributed by atoms with Gasteiger partial charge in [-0.2, -0.15) is 18.3 Å². The molecule has 3 heterocycles. The fourth-order valence-corrected chi connectivity index (χ4v) is 3.60. The summed E-state index contributed by atoms with van der Waals surface area (Å²) in [6.07, 6.45) is -2.68. The lowest BCUT2D eigenvalue weighted by atomic mass is 10.0. The molecule has 0 spiro atoms. The molecule has 1 aliphatic rings. The second kappa shape index (κ2) is 7.69. The van der Waals surface area contributed by atoms with Crippen molar-refractivity contribution in [3.8, 4) is 11.1 Å². The Kier molecular flexibility index (Phi) is 5.20. The molecule has 3 aromatic rings. The van der Waals surface area contributed by atoms with Crippen molar-refractivity contribution >= 4 is 16.8 Å². The van der Waals surface area contributed by atoms with Gasteiger partial charge in [0.1, 0.15) is 5.69 Å². The number of pyridine rings is 1. The van der Waals surface area contributed by atoms with Crippen LogP contribution in [0.25, 0.3) is 22.0 Å². The van der Waals surface area contributed by atoms with Crippen molar-refractivity contribution in [2.24, 2.45) is 12.8 Å². The van der Waals surface area contributed by atoms with Gasteiger partial charge >= 0.3 is 6.18 Å². The summed E-state index contributed by atoms with van der Waals surface area (Å²) in [7, 11) is 1.79. The molecule has 1 aliphatic heterocycles. The lowest BCUT2D eigenvalue weighted by molar-refractivity contribution is -0.237. The zero-order valence-electron chi connectivity index (χ0n) is 16.2. The average molecular weight is 419 g/mol. The molecule has 30 heavy (non-hydrogen) atoms. The largest absolute Gasteiger partial charge is 0.415 e. The molecule has 1 amide bonds. The van der Waals surface area contributed by atoms with E-state index in [9.17, 15) is 18.0 Å². The van der Waals surface area contributed by atoms with Gasteiger partial charge in [0.25, 0.3) is 5.91 Å². The molecular formula is C20H20F3N5O2. The number of benzene rings is 1. The van der Waals surface area contributed by atoms with E-state index in [-0.39, 0.29) is 18.8 Å². The molecule has 1 aromatic carbocycles. The number of hydrogen-bond donors (Lipinski definition) is 1. The zero-order chi connectivity index (χ0) is 21.5. The van der Waals surface area contributed by atoms with Crippen molar-refractivity contribution in [1.82, 2.24) is 19.7 Å². The highest BCUT2D eigenvalue weighted by molar-refractivity contribution is 6.00. The van der Waals surface area contributed by atoms with Crippen LogP contribution in [0.5, 0.6) is 0 Å². The van der Waals surface area contributed by atoms with Gasteiger partial charge in [0.15, 0.2) is 6.10 Å². The lowest BCUT2D eigenvalue weighted by Crippen LogP contribution is -2.48. The van der Waals surface area contributed by atoms with Crippen LogP contribution in [-0.2, 0) is 18.3 Å². The SMILES string of the molecule is Cn1cc(-c2cc(C(N)=O)nc3cc(CN4CCO[C@H](C(F)(F)F)C4)ccc23)cn1. The monoisotopic (exact) mass is 419 g/mol. The summed E-state index contributed by atoms with van der Waals surface area (Å²) >= 11 is 0.